The topological polar surface area (TPSA) is 54.5 Å². The zero-order valence-electron chi connectivity index (χ0n) is 8.80. The van der Waals surface area contributed by atoms with Crippen molar-refractivity contribution < 1.29 is 9.47 Å². The number of likely N-dealkylation sites (N-methyl/N-ethyl adjacent to an activating group) is 3. The van der Waals surface area contributed by atoms with Crippen molar-refractivity contribution in [2.45, 2.75) is 12.1 Å². The Morgan fingerprint density at radius 1 is 0.923 bits per heavy atom. The molecule has 0 fully saturated rings. The molecule has 0 aromatic heterocycles. The van der Waals surface area contributed by atoms with Gasteiger partial charge in [0.1, 0.15) is 0 Å². The third-order valence-corrected chi connectivity index (χ3v) is 1.96. The Kier molecular flexibility index (Phi) is 9.28. The van der Waals surface area contributed by atoms with Gasteiger partial charge in [-0.2, -0.15) is 0 Å². The molecular weight excluding hydrogens is 238 g/mol. The third-order valence-electron chi connectivity index (χ3n) is 1.96. The maximum atomic E-state index is 5.13. The standard InChI is InChI=1S/C7H19N3O2.BrH/c1-8-7(9-2,10-3)6(11-4)12-5;/h6,8-10H,1-5H3;1H. The summed E-state index contributed by atoms with van der Waals surface area (Å²) in [5.74, 6) is -0.552. The molecule has 0 aliphatic heterocycles. The van der Waals surface area contributed by atoms with Crippen LogP contribution in [0.4, 0.5) is 0 Å². The first-order valence-corrected chi connectivity index (χ1v) is 3.83. The van der Waals surface area contributed by atoms with E-state index in [1.165, 1.54) is 0 Å². The molecule has 0 aliphatic rings. The molecule has 0 radical (unpaired) electrons. The fourth-order valence-electron chi connectivity index (χ4n) is 1.18. The first kappa shape index (κ1) is 15.7. The van der Waals surface area contributed by atoms with Crippen molar-refractivity contribution in [2.24, 2.45) is 0 Å². The molecule has 0 bridgehead atoms. The summed E-state index contributed by atoms with van der Waals surface area (Å²) in [6.45, 7) is 0. The highest BCUT2D eigenvalue weighted by molar-refractivity contribution is 8.93. The predicted molar refractivity (Wildman–Crippen MR) is 58.0 cm³/mol. The van der Waals surface area contributed by atoms with Crippen LogP contribution in [0, 0.1) is 0 Å². The fourth-order valence-corrected chi connectivity index (χ4v) is 1.18. The summed E-state index contributed by atoms with van der Waals surface area (Å²) in [5.41, 5.74) is 0. The molecule has 0 aliphatic carbocycles. The van der Waals surface area contributed by atoms with Gasteiger partial charge in [0.15, 0.2) is 5.79 Å². The molecule has 0 unspecified atom stereocenters. The Labute approximate surface area is 90.3 Å². The molecule has 0 amide bonds. The lowest BCUT2D eigenvalue weighted by Crippen LogP contribution is -2.70. The van der Waals surface area contributed by atoms with Crippen molar-refractivity contribution in [2.75, 3.05) is 35.4 Å². The number of hydrogen-bond donors (Lipinski definition) is 3. The third kappa shape index (κ3) is 3.49. The minimum absolute atomic E-state index is 0. The average molecular weight is 258 g/mol. The summed E-state index contributed by atoms with van der Waals surface area (Å²) < 4.78 is 10.3. The monoisotopic (exact) mass is 257 g/mol. The van der Waals surface area contributed by atoms with E-state index in [1.54, 1.807) is 14.2 Å². The Morgan fingerprint density at radius 2 is 1.23 bits per heavy atom. The minimum Gasteiger partial charge on any atom is -0.352 e. The van der Waals surface area contributed by atoms with Crippen LogP contribution in [-0.2, 0) is 9.47 Å². The SMILES string of the molecule is Br.CNC(NC)(NC)C(OC)OC. The number of hydrogen-bond acceptors (Lipinski definition) is 5. The summed E-state index contributed by atoms with van der Waals surface area (Å²) in [7, 11) is 8.64. The minimum atomic E-state index is -0.552. The highest BCUT2D eigenvalue weighted by Gasteiger charge is 2.34. The summed E-state index contributed by atoms with van der Waals surface area (Å²) >= 11 is 0. The lowest BCUT2D eigenvalue weighted by atomic mass is 10.3. The van der Waals surface area contributed by atoms with Crippen molar-refractivity contribution in [3.63, 3.8) is 0 Å². The van der Waals surface area contributed by atoms with Crippen molar-refractivity contribution in [1.29, 1.82) is 0 Å². The molecule has 5 nitrogen and oxygen atoms in total. The maximum absolute atomic E-state index is 5.13. The van der Waals surface area contributed by atoms with Crippen LogP contribution < -0.4 is 16.0 Å². The summed E-state index contributed by atoms with van der Waals surface area (Å²) in [6.07, 6.45) is -0.391. The maximum Gasteiger partial charge on any atom is 0.203 e. The molecule has 0 saturated heterocycles. The van der Waals surface area contributed by atoms with Crippen LogP contribution in [0.1, 0.15) is 0 Å². The van der Waals surface area contributed by atoms with Gasteiger partial charge in [0.25, 0.3) is 0 Å². The lowest BCUT2D eigenvalue weighted by Gasteiger charge is -2.37. The predicted octanol–water partition coefficient (Wildman–Crippen LogP) is -0.505. The molecule has 0 aromatic carbocycles. The smallest absolute Gasteiger partial charge is 0.203 e. The van der Waals surface area contributed by atoms with E-state index in [0.717, 1.165) is 0 Å². The van der Waals surface area contributed by atoms with Gasteiger partial charge in [-0.25, -0.2) is 0 Å². The van der Waals surface area contributed by atoms with Gasteiger partial charge in [0.2, 0.25) is 6.29 Å². The van der Waals surface area contributed by atoms with Crippen LogP contribution in [0.2, 0.25) is 0 Å². The second kappa shape index (κ2) is 7.66. The van der Waals surface area contributed by atoms with E-state index in [2.05, 4.69) is 16.0 Å². The Bertz CT molecular complexity index is 110. The molecular formula is C7H20BrN3O2. The van der Waals surface area contributed by atoms with Gasteiger partial charge in [-0.3, -0.25) is 16.0 Å². The van der Waals surface area contributed by atoms with Crippen LogP contribution in [0.25, 0.3) is 0 Å². The number of rotatable bonds is 6. The molecule has 0 spiro atoms. The van der Waals surface area contributed by atoms with E-state index in [0.29, 0.717) is 0 Å². The first-order valence-electron chi connectivity index (χ1n) is 3.83. The number of methoxy groups -OCH3 is 2. The van der Waals surface area contributed by atoms with Gasteiger partial charge in [0, 0.05) is 14.2 Å². The van der Waals surface area contributed by atoms with Crippen LogP contribution in [-0.4, -0.2) is 47.4 Å². The van der Waals surface area contributed by atoms with Gasteiger partial charge in [-0.15, -0.1) is 17.0 Å². The van der Waals surface area contributed by atoms with Crippen molar-refractivity contribution >= 4 is 17.0 Å². The fraction of sp³-hybridized carbons (Fsp3) is 1.00. The molecule has 0 heterocycles. The van der Waals surface area contributed by atoms with Gasteiger partial charge in [-0.1, -0.05) is 0 Å². The van der Waals surface area contributed by atoms with E-state index in [4.69, 9.17) is 9.47 Å². The molecule has 0 rings (SSSR count). The van der Waals surface area contributed by atoms with Gasteiger partial charge >= 0.3 is 0 Å². The van der Waals surface area contributed by atoms with Crippen LogP contribution in [0.15, 0.2) is 0 Å². The lowest BCUT2D eigenvalue weighted by molar-refractivity contribution is -0.170. The van der Waals surface area contributed by atoms with Crippen LogP contribution in [0.3, 0.4) is 0 Å². The molecule has 0 saturated carbocycles. The Hall–Kier alpha value is 0.280. The quantitative estimate of drug-likeness (QED) is 0.561. The van der Waals surface area contributed by atoms with E-state index < -0.39 is 12.1 Å². The zero-order chi connectivity index (χ0) is 9.61. The molecule has 0 atom stereocenters. The molecule has 82 valence electrons. The van der Waals surface area contributed by atoms with E-state index in [9.17, 15) is 0 Å². The average Bonchev–Trinajstić information content (AvgIpc) is 2.14. The van der Waals surface area contributed by atoms with Gasteiger partial charge in [-0.05, 0) is 21.1 Å². The van der Waals surface area contributed by atoms with E-state index in [1.807, 2.05) is 21.1 Å². The molecule has 0 aromatic rings. The Morgan fingerprint density at radius 3 is 1.31 bits per heavy atom. The van der Waals surface area contributed by atoms with Crippen molar-refractivity contribution in [1.82, 2.24) is 16.0 Å². The zero-order valence-corrected chi connectivity index (χ0v) is 10.5. The second-order valence-electron chi connectivity index (χ2n) is 2.36. The number of ether oxygens (including phenoxy) is 2. The largest absolute Gasteiger partial charge is 0.352 e. The normalized spacial score (nSPS) is 11.5. The summed E-state index contributed by atoms with van der Waals surface area (Å²) in [5, 5.41) is 9.13. The highest BCUT2D eigenvalue weighted by atomic mass is 79.9. The number of halogens is 1. The number of nitrogens with one attached hydrogen (secondary N) is 3. The highest BCUT2D eigenvalue weighted by Crippen LogP contribution is 2.05. The van der Waals surface area contributed by atoms with E-state index >= 15 is 0 Å². The first-order chi connectivity index (χ1) is 5.70. The molecule has 13 heavy (non-hydrogen) atoms. The Balaban J connectivity index is 0. The summed E-state index contributed by atoms with van der Waals surface area (Å²) in [4.78, 5) is 0. The van der Waals surface area contributed by atoms with E-state index in [-0.39, 0.29) is 17.0 Å². The molecule has 6 heteroatoms. The van der Waals surface area contributed by atoms with Crippen LogP contribution >= 0.6 is 17.0 Å². The van der Waals surface area contributed by atoms with Gasteiger partial charge < -0.3 is 9.47 Å². The van der Waals surface area contributed by atoms with Crippen LogP contribution in [0.5, 0.6) is 0 Å². The molecule has 3 N–H and O–H groups in total. The van der Waals surface area contributed by atoms with Crippen molar-refractivity contribution in [3.8, 4) is 0 Å². The summed E-state index contributed by atoms with van der Waals surface area (Å²) in [6, 6.07) is 0. The second-order valence-corrected chi connectivity index (χ2v) is 2.36. The van der Waals surface area contributed by atoms with Gasteiger partial charge in [0.05, 0.1) is 0 Å². The van der Waals surface area contributed by atoms with Crippen molar-refractivity contribution in [3.05, 3.63) is 0 Å².